The summed E-state index contributed by atoms with van der Waals surface area (Å²) >= 11 is 0.612. The number of aliphatic hydroxyl groups excluding tert-OH is 1. The van der Waals surface area contributed by atoms with Crippen molar-refractivity contribution in [1.29, 1.82) is 0 Å². The average Bonchev–Trinajstić information content (AvgIpc) is 2.95. The first-order chi connectivity index (χ1) is 9.71. The molecule has 2 heterocycles. The molecule has 1 aliphatic rings. The lowest BCUT2D eigenvalue weighted by Gasteiger charge is -2.18. The second kappa shape index (κ2) is 5.63. The summed E-state index contributed by atoms with van der Waals surface area (Å²) in [6.07, 6.45) is -1.24. The number of carboxylic acids is 1. The van der Waals surface area contributed by atoms with Crippen LogP contribution in [0.4, 0.5) is 5.13 Å². The van der Waals surface area contributed by atoms with E-state index in [0.29, 0.717) is 15.6 Å². The van der Waals surface area contributed by atoms with Gasteiger partial charge < -0.3 is 15.5 Å². The third-order valence-corrected chi connectivity index (χ3v) is 5.80. The van der Waals surface area contributed by atoms with Crippen molar-refractivity contribution in [1.82, 2.24) is 14.5 Å². The Kier molecular flexibility index (Phi) is 4.22. The number of rotatable bonds is 4. The van der Waals surface area contributed by atoms with Crippen molar-refractivity contribution in [2.45, 2.75) is 29.8 Å². The highest BCUT2D eigenvalue weighted by Crippen LogP contribution is 2.29. The summed E-state index contributed by atoms with van der Waals surface area (Å²) in [5.74, 6) is -1.78. The molecule has 0 aromatic carbocycles. The van der Waals surface area contributed by atoms with Crippen LogP contribution in [0.3, 0.4) is 0 Å². The molecule has 12 heteroatoms. The van der Waals surface area contributed by atoms with Crippen LogP contribution >= 0.6 is 11.3 Å². The predicted molar refractivity (Wildman–Crippen MR) is 70.2 cm³/mol. The van der Waals surface area contributed by atoms with Crippen molar-refractivity contribution in [2.24, 2.45) is 0 Å². The van der Waals surface area contributed by atoms with E-state index in [-0.39, 0.29) is 18.1 Å². The van der Waals surface area contributed by atoms with Gasteiger partial charge in [0.05, 0.1) is 6.10 Å². The van der Waals surface area contributed by atoms with Crippen LogP contribution in [0.1, 0.15) is 13.3 Å². The van der Waals surface area contributed by atoms with Crippen LogP contribution in [0.25, 0.3) is 0 Å². The van der Waals surface area contributed by atoms with Crippen molar-refractivity contribution in [2.75, 3.05) is 11.9 Å². The highest BCUT2D eigenvalue weighted by atomic mass is 32.2. The molecule has 3 N–H and O–H groups in total. The van der Waals surface area contributed by atoms with Crippen LogP contribution < -0.4 is 5.32 Å². The SMILES string of the molecule is CC(=O)Nc1nnc(S(=O)(=O)N2C[C@@H](O)C[C@H]2C(=O)O)s1. The first kappa shape index (κ1) is 15.8. The Morgan fingerprint density at radius 1 is 1.43 bits per heavy atom. The van der Waals surface area contributed by atoms with Gasteiger partial charge in [0, 0.05) is 19.9 Å². The van der Waals surface area contributed by atoms with E-state index in [4.69, 9.17) is 5.11 Å². The summed E-state index contributed by atoms with van der Waals surface area (Å²) in [4.78, 5) is 21.9. The number of carbonyl (C=O) groups is 2. The Balaban J connectivity index is 2.30. The summed E-state index contributed by atoms with van der Waals surface area (Å²) < 4.78 is 24.9. The fourth-order valence-electron chi connectivity index (χ4n) is 1.89. The third-order valence-electron chi connectivity index (χ3n) is 2.74. The second-order valence-electron chi connectivity index (χ2n) is 4.37. The van der Waals surface area contributed by atoms with E-state index in [1.54, 1.807) is 0 Å². The zero-order valence-electron chi connectivity index (χ0n) is 10.8. The van der Waals surface area contributed by atoms with E-state index in [9.17, 15) is 23.1 Å². The fourth-order valence-corrected chi connectivity index (χ4v) is 4.58. The minimum absolute atomic E-state index is 0.00676. The molecule has 0 bridgehead atoms. The van der Waals surface area contributed by atoms with Crippen LogP contribution in [-0.2, 0) is 19.6 Å². The summed E-state index contributed by atoms with van der Waals surface area (Å²) in [5, 5.41) is 27.8. The summed E-state index contributed by atoms with van der Waals surface area (Å²) in [5.41, 5.74) is 0. The summed E-state index contributed by atoms with van der Waals surface area (Å²) in [6.45, 7) is 0.904. The van der Waals surface area contributed by atoms with Crippen LogP contribution in [0.15, 0.2) is 4.34 Å². The molecule has 2 atom stereocenters. The van der Waals surface area contributed by atoms with Crippen LogP contribution in [0, 0.1) is 0 Å². The van der Waals surface area contributed by atoms with Gasteiger partial charge >= 0.3 is 5.97 Å². The molecule has 1 aromatic heterocycles. The zero-order valence-corrected chi connectivity index (χ0v) is 12.4. The van der Waals surface area contributed by atoms with E-state index in [0.717, 1.165) is 0 Å². The average molecular weight is 336 g/mol. The lowest BCUT2D eigenvalue weighted by atomic mass is 10.2. The number of carbonyl (C=O) groups excluding carboxylic acids is 1. The zero-order chi connectivity index (χ0) is 15.8. The number of aliphatic carboxylic acids is 1. The van der Waals surface area contributed by atoms with Gasteiger partial charge in [-0.15, -0.1) is 10.2 Å². The topological polar surface area (TPSA) is 150 Å². The van der Waals surface area contributed by atoms with Gasteiger partial charge in [-0.25, -0.2) is 8.42 Å². The number of sulfonamides is 1. The summed E-state index contributed by atoms with van der Waals surface area (Å²) in [6, 6.07) is -1.35. The van der Waals surface area contributed by atoms with Crippen molar-refractivity contribution >= 4 is 38.4 Å². The number of nitrogens with zero attached hydrogens (tertiary/aromatic N) is 3. The summed E-state index contributed by atoms with van der Waals surface area (Å²) in [7, 11) is -4.19. The Morgan fingerprint density at radius 2 is 2.10 bits per heavy atom. The van der Waals surface area contributed by atoms with Crippen molar-refractivity contribution < 1.29 is 28.2 Å². The number of hydrogen-bond acceptors (Lipinski definition) is 8. The molecular weight excluding hydrogens is 324 g/mol. The molecule has 0 saturated carbocycles. The normalized spacial score (nSPS) is 23.1. The largest absolute Gasteiger partial charge is 0.480 e. The molecule has 1 saturated heterocycles. The van der Waals surface area contributed by atoms with Gasteiger partial charge in [-0.3, -0.25) is 9.59 Å². The van der Waals surface area contributed by atoms with Crippen LogP contribution in [-0.4, -0.2) is 63.7 Å². The molecule has 0 spiro atoms. The molecule has 0 unspecified atom stereocenters. The van der Waals surface area contributed by atoms with E-state index in [1.807, 2.05) is 0 Å². The molecular formula is C9H12N4O6S2. The van der Waals surface area contributed by atoms with Gasteiger partial charge in [0.1, 0.15) is 6.04 Å². The molecule has 116 valence electrons. The molecule has 2 rings (SSSR count). The molecule has 0 radical (unpaired) electrons. The highest BCUT2D eigenvalue weighted by Gasteiger charge is 2.45. The first-order valence-corrected chi connectivity index (χ1v) is 8.01. The molecule has 1 fully saturated rings. The van der Waals surface area contributed by atoms with Gasteiger partial charge in [0.15, 0.2) is 0 Å². The molecule has 1 amide bonds. The van der Waals surface area contributed by atoms with Crippen LogP contribution in [0.5, 0.6) is 0 Å². The number of β-amino-alcohol motifs (C(OH)–C–C–N with tert-alkyl or cyclic N) is 1. The minimum Gasteiger partial charge on any atom is -0.480 e. The minimum atomic E-state index is -4.19. The Morgan fingerprint density at radius 3 is 2.67 bits per heavy atom. The van der Waals surface area contributed by atoms with Crippen molar-refractivity contribution in [3.63, 3.8) is 0 Å². The van der Waals surface area contributed by atoms with Gasteiger partial charge in [0.25, 0.3) is 10.0 Å². The molecule has 0 aliphatic carbocycles. The fraction of sp³-hybridized carbons (Fsp3) is 0.556. The Hall–Kier alpha value is -1.63. The predicted octanol–water partition coefficient (Wildman–Crippen LogP) is -1.29. The maximum atomic E-state index is 12.3. The van der Waals surface area contributed by atoms with Crippen molar-refractivity contribution in [3.8, 4) is 0 Å². The maximum Gasteiger partial charge on any atom is 0.322 e. The maximum absolute atomic E-state index is 12.3. The number of amides is 1. The lowest BCUT2D eigenvalue weighted by molar-refractivity contribution is -0.140. The number of nitrogens with one attached hydrogen (secondary N) is 1. The third kappa shape index (κ3) is 3.18. The number of hydrogen-bond donors (Lipinski definition) is 3. The number of aromatic nitrogens is 2. The van der Waals surface area contributed by atoms with Crippen LogP contribution in [0.2, 0.25) is 0 Å². The standard InChI is InChI=1S/C9H12N4O6S2/c1-4(14)10-8-11-12-9(20-8)21(18,19)13-3-5(15)2-6(13)7(16)17/h5-6,15H,2-3H2,1H3,(H,16,17)(H,10,11,14)/t5-,6-/m0/s1. The van der Waals surface area contributed by atoms with Gasteiger partial charge in [-0.2, -0.15) is 4.31 Å². The molecule has 21 heavy (non-hydrogen) atoms. The molecule has 1 aromatic rings. The molecule has 10 nitrogen and oxygen atoms in total. The molecule has 1 aliphatic heterocycles. The van der Waals surface area contributed by atoms with Gasteiger partial charge in [-0.1, -0.05) is 11.3 Å². The van der Waals surface area contributed by atoms with Gasteiger partial charge in [-0.05, 0) is 0 Å². The van der Waals surface area contributed by atoms with Gasteiger partial charge in [0.2, 0.25) is 15.4 Å². The quantitative estimate of drug-likeness (QED) is 0.574. The monoisotopic (exact) mass is 336 g/mol. The van der Waals surface area contributed by atoms with E-state index in [2.05, 4.69) is 15.5 Å². The lowest BCUT2D eigenvalue weighted by Crippen LogP contribution is -2.40. The number of aliphatic hydroxyl groups is 1. The van der Waals surface area contributed by atoms with E-state index in [1.165, 1.54) is 6.92 Å². The van der Waals surface area contributed by atoms with E-state index >= 15 is 0 Å². The Bertz CT molecular complexity index is 672. The van der Waals surface area contributed by atoms with E-state index < -0.39 is 38.4 Å². The highest BCUT2D eigenvalue weighted by molar-refractivity contribution is 7.91. The Labute approximate surface area is 123 Å². The first-order valence-electron chi connectivity index (χ1n) is 5.75. The number of carboxylic acid groups (broad SMARTS) is 1. The number of anilines is 1. The van der Waals surface area contributed by atoms with Crippen molar-refractivity contribution in [3.05, 3.63) is 0 Å². The second-order valence-corrected chi connectivity index (χ2v) is 7.41. The smallest absolute Gasteiger partial charge is 0.322 e.